The molecule has 0 spiro atoms. The quantitative estimate of drug-likeness (QED) is 0.625. The van der Waals surface area contributed by atoms with Crippen LogP contribution in [0.2, 0.25) is 0 Å². The summed E-state index contributed by atoms with van der Waals surface area (Å²) in [5, 5.41) is 19.5. The first-order valence-electron chi connectivity index (χ1n) is 6.12. The van der Waals surface area contributed by atoms with E-state index in [4.69, 9.17) is 5.11 Å². The van der Waals surface area contributed by atoms with Crippen LogP contribution in [0.3, 0.4) is 0 Å². The Morgan fingerprint density at radius 3 is 2.50 bits per heavy atom. The van der Waals surface area contributed by atoms with Crippen molar-refractivity contribution >= 4 is 17.7 Å². The van der Waals surface area contributed by atoms with Crippen molar-refractivity contribution in [2.45, 2.75) is 26.3 Å². The van der Waals surface area contributed by atoms with Gasteiger partial charge in [-0.3, -0.25) is 9.59 Å². The third-order valence-corrected chi connectivity index (χ3v) is 3.11. The molecule has 8 nitrogen and oxygen atoms in total. The summed E-state index contributed by atoms with van der Waals surface area (Å²) in [5.74, 6) is -1.60. The summed E-state index contributed by atoms with van der Waals surface area (Å²) in [4.78, 5) is 34.6. The van der Waals surface area contributed by atoms with E-state index in [1.807, 2.05) is 0 Å². The number of nitrogens with zero attached hydrogens (tertiary/aromatic N) is 3. The van der Waals surface area contributed by atoms with E-state index < -0.39 is 22.8 Å². The predicted octanol–water partition coefficient (Wildman–Crippen LogP) is 1.26. The second kappa shape index (κ2) is 6.18. The fourth-order valence-corrected chi connectivity index (χ4v) is 2.06. The Kier molecular flexibility index (Phi) is 4.84. The molecule has 0 saturated heterocycles. The highest BCUT2D eigenvalue weighted by Crippen LogP contribution is 2.18. The lowest BCUT2D eigenvalue weighted by Crippen LogP contribution is -2.40. The van der Waals surface area contributed by atoms with E-state index in [9.17, 15) is 19.7 Å². The maximum absolute atomic E-state index is 12.3. The van der Waals surface area contributed by atoms with Gasteiger partial charge in [0, 0.05) is 18.7 Å². The van der Waals surface area contributed by atoms with Crippen molar-refractivity contribution in [2.75, 3.05) is 6.54 Å². The van der Waals surface area contributed by atoms with Crippen LogP contribution in [0, 0.1) is 10.1 Å². The zero-order valence-corrected chi connectivity index (χ0v) is 11.6. The molecule has 0 saturated carbocycles. The Morgan fingerprint density at radius 2 is 2.10 bits per heavy atom. The van der Waals surface area contributed by atoms with E-state index in [1.165, 1.54) is 28.6 Å². The molecule has 0 fully saturated rings. The minimum Gasteiger partial charge on any atom is -0.481 e. The van der Waals surface area contributed by atoms with Crippen molar-refractivity contribution in [2.24, 2.45) is 7.05 Å². The van der Waals surface area contributed by atoms with E-state index >= 15 is 0 Å². The van der Waals surface area contributed by atoms with Gasteiger partial charge < -0.3 is 20.1 Å². The first kappa shape index (κ1) is 15.7. The number of rotatable bonds is 6. The summed E-state index contributed by atoms with van der Waals surface area (Å²) >= 11 is 0. The van der Waals surface area contributed by atoms with Crippen molar-refractivity contribution in [3.05, 3.63) is 27.9 Å². The Morgan fingerprint density at radius 1 is 1.50 bits per heavy atom. The second-order valence-corrected chi connectivity index (χ2v) is 4.43. The van der Waals surface area contributed by atoms with Gasteiger partial charge in [0.2, 0.25) is 0 Å². The molecule has 8 heteroatoms. The summed E-state index contributed by atoms with van der Waals surface area (Å²) in [5.41, 5.74) is 0.163. The van der Waals surface area contributed by atoms with E-state index in [-0.39, 0.29) is 17.9 Å². The number of hydrogen-bond acceptors (Lipinski definition) is 4. The summed E-state index contributed by atoms with van der Waals surface area (Å²) < 4.78 is 1.19. The fraction of sp³-hybridized carbons (Fsp3) is 0.500. The molecular formula is C12H17N3O5. The van der Waals surface area contributed by atoms with Gasteiger partial charge in [0.05, 0.1) is 13.5 Å². The molecular weight excluding hydrogens is 266 g/mol. The molecule has 0 aromatic carbocycles. The van der Waals surface area contributed by atoms with Gasteiger partial charge in [-0.15, -0.1) is 0 Å². The first-order valence-corrected chi connectivity index (χ1v) is 6.12. The van der Waals surface area contributed by atoms with E-state index in [0.29, 0.717) is 6.54 Å². The highest BCUT2D eigenvalue weighted by molar-refractivity contribution is 5.93. The Hall–Kier alpha value is -2.38. The van der Waals surface area contributed by atoms with Crippen LogP contribution in [-0.4, -0.2) is 44.0 Å². The average Bonchev–Trinajstić information content (AvgIpc) is 2.70. The third-order valence-electron chi connectivity index (χ3n) is 3.11. The fourth-order valence-electron chi connectivity index (χ4n) is 2.06. The topological polar surface area (TPSA) is 106 Å². The van der Waals surface area contributed by atoms with Crippen LogP contribution in [-0.2, 0) is 11.8 Å². The lowest BCUT2D eigenvalue weighted by atomic mass is 10.2. The molecule has 110 valence electrons. The number of nitro groups is 1. The number of aromatic nitrogens is 1. The standard InChI is InChI=1S/C12H17N3O5/c1-4-14(8(2)7-11(16)17)12(18)9-5-6-10(13(9)3)15(19)20/h5-6,8H,4,7H2,1-3H3,(H,16,17). The van der Waals surface area contributed by atoms with Crippen LogP contribution in [0.15, 0.2) is 12.1 Å². The van der Waals surface area contributed by atoms with Crippen LogP contribution < -0.4 is 0 Å². The first-order chi connectivity index (χ1) is 9.29. The van der Waals surface area contributed by atoms with E-state index in [2.05, 4.69) is 0 Å². The Labute approximate surface area is 115 Å². The number of carboxylic acids is 1. The molecule has 1 aromatic heterocycles. The zero-order chi connectivity index (χ0) is 15.4. The molecule has 1 unspecified atom stereocenters. The van der Waals surface area contributed by atoms with Gasteiger partial charge in [0.25, 0.3) is 5.91 Å². The minimum atomic E-state index is -0.999. The monoisotopic (exact) mass is 283 g/mol. The average molecular weight is 283 g/mol. The molecule has 1 amide bonds. The van der Waals surface area contributed by atoms with Gasteiger partial charge >= 0.3 is 11.8 Å². The lowest BCUT2D eigenvalue weighted by molar-refractivity contribution is -0.391. The normalized spacial score (nSPS) is 11.9. The van der Waals surface area contributed by atoms with Gasteiger partial charge in [-0.1, -0.05) is 0 Å². The molecule has 0 aliphatic rings. The van der Waals surface area contributed by atoms with Gasteiger partial charge in [-0.2, -0.15) is 0 Å². The third kappa shape index (κ3) is 3.14. The molecule has 0 radical (unpaired) electrons. The zero-order valence-electron chi connectivity index (χ0n) is 11.6. The SMILES string of the molecule is CCN(C(=O)c1ccc([N+](=O)[O-])n1C)C(C)CC(=O)O. The molecule has 1 rings (SSSR count). The number of amides is 1. The van der Waals surface area contributed by atoms with Crippen LogP contribution in [0.5, 0.6) is 0 Å². The number of carbonyl (C=O) groups is 2. The van der Waals surface area contributed by atoms with Crippen molar-refractivity contribution in [1.29, 1.82) is 0 Å². The van der Waals surface area contributed by atoms with Crippen molar-refractivity contribution in [3.63, 3.8) is 0 Å². The van der Waals surface area contributed by atoms with Crippen molar-refractivity contribution < 1.29 is 19.6 Å². The number of carbonyl (C=O) groups excluding carboxylic acids is 1. The van der Waals surface area contributed by atoms with Crippen molar-refractivity contribution in [1.82, 2.24) is 9.47 Å². The maximum Gasteiger partial charge on any atom is 0.323 e. The Balaban J connectivity index is 3.03. The van der Waals surface area contributed by atoms with Gasteiger partial charge in [-0.05, 0) is 24.8 Å². The minimum absolute atomic E-state index is 0.163. The predicted molar refractivity (Wildman–Crippen MR) is 70.5 cm³/mol. The van der Waals surface area contributed by atoms with Crippen molar-refractivity contribution in [3.8, 4) is 0 Å². The molecule has 0 bridgehead atoms. The van der Waals surface area contributed by atoms with Gasteiger partial charge in [0.15, 0.2) is 5.69 Å². The van der Waals surface area contributed by atoms with Gasteiger partial charge in [0.1, 0.15) is 0 Å². The summed E-state index contributed by atoms with van der Waals surface area (Å²) in [7, 11) is 1.43. The highest BCUT2D eigenvalue weighted by atomic mass is 16.6. The second-order valence-electron chi connectivity index (χ2n) is 4.43. The summed E-state index contributed by atoms with van der Waals surface area (Å²) in [6.45, 7) is 3.69. The Bertz CT molecular complexity index is 537. The molecule has 1 N–H and O–H groups in total. The van der Waals surface area contributed by atoms with Crippen LogP contribution in [0.25, 0.3) is 0 Å². The summed E-state index contributed by atoms with van der Waals surface area (Å²) in [6.07, 6.45) is -0.175. The molecule has 20 heavy (non-hydrogen) atoms. The smallest absolute Gasteiger partial charge is 0.323 e. The molecule has 1 heterocycles. The van der Waals surface area contributed by atoms with E-state index in [0.717, 1.165) is 0 Å². The molecule has 0 aliphatic heterocycles. The molecule has 1 aromatic rings. The largest absolute Gasteiger partial charge is 0.481 e. The molecule has 1 atom stereocenters. The van der Waals surface area contributed by atoms with Gasteiger partial charge in [-0.25, -0.2) is 4.57 Å². The van der Waals surface area contributed by atoms with Crippen LogP contribution in [0.4, 0.5) is 5.82 Å². The maximum atomic E-state index is 12.3. The van der Waals surface area contributed by atoms with Crippen LogP contribution in [0.1, 0.15) is 30.8 Å². The van der Waals surface area contributed by atoms with E-state index in [1.54, 1.807) is 13.8 Å². The highest BCUT2D eigenvalue weighted by Gasteiger charge is 2.28. The number of carboxylic acid groups (broad SMARTS) is 1. The van der Waals surface area contributed by atoms with Crippen LogP contribution >= 0.6 is 0 Å². The number of aliphatic carboxylic acids is 1. The number of hydrogen-bond donors (Lipinski definition) is 1. The summed E-state index contributed by atoms with van der Waals surface area (Å²) in [6, 6.07) is 2.14. The molecule has 0 aliphatic carbocycles. The lowest BCUT2D eigenvalue weighted by Gasteiger charge is -2.26.